The van der Waals surface area contributed by atoms with Gasteiger partial charge in [-0.05, 0) is 126 Å². The highest BCUT2D eigenvalue weighted by Crippen LogP contribution is 2.51. The van der Waals surface area contributed by atoms with Crippen molar-refractivity contribution in [2.75, 3.05) is 0 Å². The smallest absolute Gasteiger partial charge is 0.00134 e. The summed E-state index contributed by atoms with van der Waals surface area (Å²) in [5.41, 5.74) is 10.0. The molecule has 0 aliphatic heterocycles. The molecule has 0 heteroatoms. The number of hydrogen-bond acceptors (Lipinski definition) is 0. The monoisotopic (exact) mass is 706 g/mol. The number of hydrogen-bond donors (Lipinski definition) is 0. The van der Waals surface area contributed by atoms with Gasteiger partial charge >= 0.3 is 0 Å². The zero-order chi connectivity index (χ0) is 36.7. The van der Waals surface area contributed by atoms with Crippen LogP contribution in [0.1, 0.15) is 0 Å². The normalized spacial score (nSPS) is 11.9. The second kappa shape index (κ2) is 12.1. The molecule has 0 unspecified atom stereocenters. The number of rotatable bonds is 4. The zero-order valence-electron chi connectivity index (χ0n) is 30.6. The lowest BCUT2D eigenvalue weighted by Gasteiger charge is -2.22. The van der Waals surface area contributed by atoms with Crippen LogP contribution in [0.15, 0.2) is 206 Å². The third-order valence-corrected chi connectivity index (χ3v) is 12.2. The van der Waals surface area contributed by atoms with E-state index in [1.54, 1.807) is 0 Å². The van der Waals surface area contributed by atoms with E-state index in [9.17, 15) is 0 Å². The molecule has 0 saturated carbocycles. The van der Waals surface area contributed by atoms with Gasteiger partial charge in [0.2, 0.25) is 0 Å². The molecule has 0 radical (unpaired) electrons. The van der Waals surface area contributed by atoms with Crippen molar-refractivity contribution in [3.8, 4) is 44.5 Å². The largest absolute Gasteiger partial charge is 0.0622 e. The van der Waals surface area contributed by atoms with Crippen molar-refractivity contribution in [1.82, 2.24) is 0 Å². The quantitative estimate of drug-likeness (QED) is 0.126. The first-order valence-electron chi connectivity index (χ1n) is 19.5. The van der Waals surface area contributed by atoms with Crippen LogP contribution in [0.25, 0.3) is 120 Å². The number of benzene rings is 12. The lowest BCUT2D eigenvalue weighted by atomic mass is 9.80. The van der Waals surface area contributed by atoms with Crippen LogP contribution in [0.5, 0.6) is 0 Å². The summed E-state index contributed by atoms with van der Waals surface area (Å²) in [6.07, 6.45) is 0. The summed E-state index contributed by atoms with van der Waals surface area (Å²) in [6.45, 7) is 0. The van der Waals surface area contributed by atoms with Crippen molar-refractivity contribution in [1.29, 1.82) is 0 Å². The van der Waals surface area contributed by atoms with E-state index < -0.39 is 0 Å². The molecule has 0 aliphatic rings. The molecule has 0 heterocycles. The Morgan fingerprint density at radius 2 is 0.625 bits per heavy atom. The predicted octanol–water partition coefficient (Wildman–Crippen LogP) is 15.9. The van der Waals surface area contributed by atoms with Gasteiger partial charge in [-0.3, -0.25) is 0 Å². The second-order valence-electron chi connectivity index (χ2n) is 15.1. The lowest BCUT2D eigenvalue weighted by molar-refractivity contribution is 1.60. The third kappa shape index (κ3) is 4.48. The van der Waals surface area contributed by atoms with Crippen LogP contribution >= 0.6 is 0 Å². The molecule has 0 amide bonds. The first kappa shape index (κ1) is 31.1. The van der Waals surface area contributed by atoms with Gasteiger partial charge in [0, 0.05) is 0 Å². The highest BCUT2D eigenvalue weighted by atomic mass is 14.3. The van der Waals surface area contributed by atoms with Gasteiger partial charge in [0.05, 0.1) is 0 Å². The highest BCUT2D eigenvalue weighted by molar-refractivity contribution is 6.44. The minimum Gasteiger partial charge on any atom is -0.0622 e. The van der Waals surface area contributed by atoms with Crippen LogP contribution < -0.4 is 0 Å². The van der Waals surface area contributed by atoms with Gasteiger partial charge in [0.1, 0.15) is 0 Å². The molecule has 0 nitrogen and oxygen atoms in total. The molecule has 0 fully saturated rings. The Hall–Kier alpha value is -7.28. The van der Waals surface area contributed by atoms with Crippen LogP contribution in [0.3, 0.4) is 0 Å². The molecule has 0 spiro atoms. The SMILES string of the molecule is c1ccc(-c2ccc(-c3ccc(-c4c5ccccc5c5c6ccc(-c7ccccc7)c7cc8ccccc8c(c8cccc4c85)c76)c4ccccc34)cc2)cc1. The van der Waals surface area contributed by atoms with Gasteiger partial charge in [-0.25, -0.2) is 0 Å². The molecule has 0 bridgehead atoms. The standard InChI is InChI=1S/C56H34/c1-3-14-35(15-4-1)36-26-28-38(29-27-36)40-30-32-47(44-21-10-9-20-43(40)44)52-45-22-11-12-23-46(45)54-50-33-31-41(37-16-5-2-6-17-37)51-34-39-18-7-8-19-42(39)53(56(50)51)49-25-13-24-48(52)55(49)54/h1-34H. The van der Waals surface area contributed by atoms with Crippen molar-refractivity contribution in [3.05, 3.63) is 206 Å². The van der Waals surface area contributed by atoms with E-state index in [0.29, 0.717) is 0 Å². The molecular weight excluding hydrogens is 673 g/mol. The number of fused-ring (bicyclic) bond motifs is 7. The van der Waals surface area contributed by atoms with Crippen LogP contribution in [0, 0.1) is 0 Å². The summed E-state index contributed by atoms with van der Waals surface area (Å²) in [6, 6.07) is 76.4. The maximum atomic E-state index is 2.42. The Morgan fingerprint density at radius 1 is 0.196 bits per heavy atom. The third-order valence-electron chi connectivity index (χ3n) is 12.2. The van der Waals surface area contributed by atoms with E-state index in [-0.39, 0.29) is 0 Å². The van der Waals surface area contributed by atoms with E-state index in [4.69, 9.17) is 0 Å². The summed E-state index contributed by atoms with van der Waals surface area (Å²) in [7, 11) is 0. The first-order valence-corrected chi connectivity index (χ1v) is 19.5. The lowest BCUT2D eigenvalue weighted by Crippen LogP contribution is -1.94. The van der Waals surface area contributed by atoms with E-state index in [2.05, 4.69) is 206 Å². The average molecular weight is 707 g/mol. The van der Waals surface area contributed by atoms with Crippen molar-refractivity contribution in [2.45, 2.75) is 0 Å². The zero-order valence-corrected chi connectivity index (χ0v) is 30.6. The Kier molecular flexibility index (Phi) is 6.73. The molecule has 0 saturated heterocycles. The molecule has 12 aromatic carbocycles. The Bertz CT molecular complexity index is 3480. The van der Waals surface area contributed by atoms with Crippen molar-refractivity contribution >= 4 is 75.4 Å². The highest BCUT2D eigenvalue weighted by Gasteiger charge is 2.23. The van der Waals surface area contributed by atoms with E-state index in [1.165, 1.54) is 120 Å². The van der Waals surface area contributed by atoms with Gasteiger partial charge in [-0.2, -0.15) is 0 Å². The van der Waals surface area contributed by atoms with E-state index in [0.717, 1.165) is 0 Å². The minimum absolute atomic E-state index is 1.22. The fourth-order valence-electron chi connectivity index (χ4n) is 9.79. The Labute approximate surface area is 324 Å². The molecule has 12 aromatic rings. The van der Waals surface area contributed by atoms with Crippen molar-refractivity contribution in [2.24, 2.45) is 0 Å². The predicted molar refractivity (Wildman–Crippen MR) is 242 cm³/mol. The molecule has 0 aromatic heterocycles. The van der Waals surface area contributed by atoms with Gasteiger partial charge in [0.25, 0.3) is 0 Å². The molecule has 258 valence electrons. The maximum absolute atomic E-state index is 2.42. The molecule has 12 rings (SSSR count). The van der Waals surface area contributed by atoms with Gasteiger partial charge in [-0.1, -0.05) is 200 Å². The van der Waals surface area contributed by atoms with E-state index >= 15 is 0 Å². The summed E-state index contributed by atoms with van der Waals surface area (Å²) in [5, 5.41) is 18.2. The van der Waals surface area contributed by atoms with Crippen LogP contribution in [-0.4, -0.2) is 0 Å². The molecule has 0 atom stereocenters. The second-order valence-corrected chi connectivity index (χ2v) is 15.1. The maximum Gasteiger partial charge on any atom is -0.00134 e. The fraction of sp³-hybridized carbons (Fsp3) is 0. The molecular formula is C56H34. The Morgan fingerprint density at radius 3 is 1.39 bits per heavy atom. The van der Waals surface area contributed by atoms with Gasteiger partial charge in [-0.15, -0.1) is 0 Å². The molecule has 0 N–H and O–H groups in total. The average Bonchev–Trinajstić information content (AvgIpc) is 3.27. The summed E-state index contributed by atoms with van der Waals surface area (Å²) >= 11 is 0. The summed E-state index contributed by atoms with van der Waals surface area (Å²) < 4.78 is 0. The van der Waals surface area contributed by atoms with Crippen LogP contribution in [0.4, 0.5) is 0 Å². The van der Waals surface area contributed by atoms with E-state index in [1.807, 2.05) is 0 Å². The summed E-state index contributed by atoms with van der Waals surface area (Å²) in [5.74, 6) is 0. The first-order chi connectivity index (χ1) is 27.8. The molecule has 56 heavy (non-hydrogen) atoms. The fourth-order valence-corrected chi connectivity index (χ4v) is 9.79. The summed E-state index contributed by atoms with van der Waals surface area (Å²) in [4.78, 5) is 0. The van der Waals surface area contributed by atoms with Gasteiger partial charge in [0.15, 0.2) is 0 Å². The minimum atomic E-state index is 1.22. The van der Waals surface area contributed by atoms with Crippen LogP contribution in [0.2, 0.25) is 0 Å². The molecule has 0 aliphatic carbocycles. The Balaban J connectivity index is 1.19. The topological polar surface area (TPSA) is 0 Å². The van der Waals surface area contributed by atoms with Crippen LogP contribution in [-0.2, 0) is 0 Å². The van der Waals surface area contributed by atoms with Crippen molar-refractivity contribution in [3.63, 3.8) is 0 Å². The van der Waals surface area contributed by atoms with Gasteiger partial charge < -0.3 is 0 Å². The van der Waals surface area contributed by atoms with Crippen molar-refractivity contribution < 1.29 is 0 Å².